The predicted octanol–water partition coefficient (Wildman–Crippen LogP) is 3.17. The third kappa shape index (κ3) is 4.37. The molecule has 5 nitrogen and oxygen atoms in total. The first kappa shape index (κ1) is 18.7. The molecule has 1 aliphatic heterocycles. The van der Waals surface area contributed by atoms with Crippen LogP contribution in [0, 0.1) is 5.41 Å². The molecule has 0 unspecified atom stereocenters. The summed E-state index contributed by atoms with van der Waals surface area (Å²) < 4.78 is 0. The van der Waals surface area contributed by atoms with E-state index in [1.54, 1.807) is 0 Å². The quantitative estimate of drug-likeness (QED) is 0.629. The number of benzene rings is 1. The minimum Gasteiger partial charge on any atom is -0.357 e. The van der Waals surface area contributed by atoms with Crippen LogP contribution in [0.4, 0.5) is 0 Å². The van der Waals surface area contributed by atoms with Crippen molar-refractivity contribution in [1.82, 2.24) is 15.5 Å². The fourth-order valence-corrected chi connectivity index (χ4v) is 4.27. The topological polar surface area (TPSA) is 56.7 Å². The summed E-state index contributed by atoms with van der Waals surface area (Å²) in [5, 5.41) is 6.29. The summed E-state index contributed by atoms with van der Waals surface area (Å²) in [5.74, 6) is 1.01. The smallest absolute Gasteiger partial charge is 0.251 e. The van der Waals surface area contributed by atoms with E-state index in [0.717, 1.165) is 31.2 Å². The number of nitrogens with one attached hydrogen (secondary N) is 2. The van der Waals surface area contributed by atoms with E-state index in [1.807, 2.05) is 31.2 Å². The molecule has 1 heterocycles. The van der Waals surface area contributed by atoms with Crippen molar-refractivity contribution in [1.29, 1.82) is 0 Å². The molecule has 1 saturated carbocycles. The highest BCUT2D eigenvalue weighted by Crippen LogP contribution is 2.45. The molecule has 2 N–H and O–H groups in total. The SMILES string of the molecule is CCNC(=O)c1ccc(CN=C(NCC)N2CCC3(CCCC3)C2)cc1. The standard InChI is InChI=1S/C21H32N4O/c1-3-22-19(26)18-9-7-17(8-10-18)15-24-20(23-4-2)25-14-13-21(16-25)11-5-6-12-21/h7-10H,3-6,11-16H2,1-2H3,(H,22,26)(H,23,24). The number of amides is 1. The lowest BCUT2D eigenvalue weighted by Gasteiger charge is -2.26. The second-order valence-corrected chi connectivity index (χ2v) is 7.61. The van der Waals surface area contributed by atoms with Gasteiger partial charge < -0.3 is 15.5 Å². The monoisotopic (exact) mass is 356 g/mol. The Kier molecular flexibility index (Phi) is 6.17. The Bertz CT molecular complexity index is 632. The summed E-state index contributed by atoms with van der Waals surface area (Å²) in [4.78, 5) is 19.2. The molecular weight excluding hydrogens is 324 g/mol. The van der Waals surface area contributed by atoms with Gasteiger partial charge in [-0.3, -0.25) is 4.79 Å². The Balaban J connectivity index is 1.63. The van der Waals surface area contributed by atoms with Crippen molar-refractivity contribution in [2.24, 2.45) is 10.4 Å². The van der Waals surface area contributed by atoms with Crippen molar-refractivity contribution in [2.75, 3.05) is 26.2 Å². The van der Waals surface area contributed by atoms with Crippen molar-refractivity contribution in [3.63, 3.8) is 0 Å². The Morgan fingerprint density at radius 3 is 2.42 bits per heavy atom. The molecule has 1 aliphatic carbocycles. The van der Waals surface area contributed by atoms with E-state index in [0.29, 0.717) is 24.1 Å². The van der Waals surface area contributed by atoms with Crippen LogP contribution in [0.1, 0.15) is 61.9 Å². The molecule has 1 aromatic rings. The summed E-state index contributed by atoms with van der Waals surface area (Å²) in [6.07, 6.45) is 6.84. The molecule has 1 saturated heterocycles. The molecule has 5 heteroatoms. The van der Waals surface area contributed by atoms with Crippen LogP contribution in [0.2, 0.25) is 0 Å². The molecule has 0 atom stereocenters. The third-order valence-electron chi connectivity index (χ3n) is 5.70. The van der Waals surface area contributed by atoms with Gasteiger partial charge in [0.25, 0.3) is 5.91 Å². The van der Waals surface area contributed by atoms with Crippen LogP contribution in [-0.2, 0) is 6.54 Å². The van der Waals surface area contributed by atoms with E-state index in [4.69, 9.17) is 4.99 Å². The fraction of sp³-hybridized carbons (Fsp3) is 0.619. The molecular formula is C21H32N4O. The third-order valence-corrected chi connectivity index (χ3v) is 5.70. The molecule has 2 aliphatic rings. The van der Waals surface area contributed by atoms with Gasteiger partial charge in [-0.05, 0) is 56.2 Å². The van der Waals surface area contributed by atoms with Crippen LogP contribution in [-0.4, -0.2) is 42.9 Å². The molecule has 142 valence electrons. The highest BCUT2D eigenvalue weighted by Gasteiger charge is 2.41. The van der Waals surface area contributed by atoms with Crippen LogP contribution in [0.5, 0.6) is 0 Å². The average molecular weight is 357 g/mol. The first-order valence-corrected chi connectivity index (χ1v) is 10.1. The number of carbonyl (C=O) groups is 1. The van der Waals surface area contributed by atoms with Gasteiger partial charge >= 0.3 is 0 Å². The van der Waals surface area contributed by atoms with Crippen LogP contribution in [0.25, 0.3) is 0 Å². The zero-order valence-corrected chi connectivity index (χ0v) is 16.2. The highest BCUT2D eigenvalue weighted by atomic mass is 16.1. The number of hydrogen-bond donors (Lipinski definition) is 2. The van der Waals surface area contributed by atoms with Gasteiger partial charge in [-0.15, -0.1) is 0 Å². The van der Waals surface area contributed by atoms with Crippen molar-refractivity contribution < 1.29 is 4.79 Å². The lowest BCUT2D eigenvalue weighted by molar-refractivity contribution is 0.0956. The highest BCUT2D eigenvalue weighted by molar-refractivity contribution is 5.94. The summed E-state index contributed by atoms with van der Waals surface area (Å²) in [7, 11) is 0. The predicted molar refractivity (Wildman–Crippen MR) is 106 cm³/mol. The summed E-state index contributed by atoms with van der Waals surface area (Å²) in [6.45, 7) is 8.49. The lowest BCUT2D eigenvalue weighted by Crippen LogP contribution is -2.41. The van der Waals surface area contributed by atoms with Crippen molar-refractivity contribution in [3.05, 3.63) is 35.4 Å². The van der Waals surface area contributed by atoms with Crippen molar-refractivity contribution >= 4 is 11.9 Å². The molecule has 26 heavy (non-hydrogen) atoms. The van der Waals surface area contributed by atoms with E-state index < -0.39 is 0 Å². The number of hydrogen-bond acceptors (Lipinski definition) is 2. The Morgan fingerprint density at radius 1 is 1.08 bits per heavy atom. The van der Waals surface area contributed by atoms with Gasteiger partial charge in [0.05, 0.1) is 6.54 Å². The van der Waals surface area contributed by atoms with Crippen molar-refractivity contribution in [3.8, 4) is 0 Å². The van der Waals surface area contributed by atoms with E-state index in [9.17, 15) is 4.79 Å². The first-order valence-electron chi connectivity index (χ1n) is 10.1. The maximum atomic E-state index is 11.8. The number of nitrogens with zero attached hydrogens (tertiary/aromatic N) is 2. The number of guanidine groups is 1. The Labute approximate surface area is 157 Å². The van der Waals surface area contributed by atoms with Crippen LogP contribution in [0.3, 0.4) is 0 Å². The van der Waals surface area contributed by atoms with Gasteiger partial charge in [0.2, 0.25) is 0 Å². The second-order valence-electron chi connectivity index (χ2n) is 7.61. The molecule has 0 radical (unpaired) electrons. The summed E-state index contributed by atoms with van der Waals surface area (Å²) in [5.41, 5.74) is 2.38. The van der Waals surface area contributed by atoms with E-state index in [2.05, 4.69) is 22.5 Å². The maximum Gasteiger partial charge on any atom is 0.251 e. The molecule has 0 aromatic heterocycles. The Morgan fingerprint density at radius 2 is 1.77 bits per heavy atom. The number of likely N-dealkylation sites (tertiary alicyclic amines) is 1. The second kappa shape index (κ2) is 8.56. The Hall–Kier alpha value is -2.04. The molecule has 2 fully saturated rings. The van der Waals surface area contributed by atoms with E-state index >= 15 is 0 Å². The summed E-state index contributed by atoms with van der Waals surface area (Å²) in [6, 6.07) is 7.76. The first-order chi connectivity index (χ1) is 12.7. The van der Waals surface area contributed by atoms with Gasteiger partial charge in [0.15, 0.2) is 5.96 Å². The minimum atomic E-state index is -0.0187. The van der Waals surface area contributed by atoms with E-state index in [-0.39, 0.29) is 5.91 Å². The van der Waals surface area contributed by atoms with Crippen LogP contribution < -0.4 is 10.6 Å². The minimum absolute atomic E-state index is 0.0187. The van der Waals surface area contributed by atoms with Gasteiger partial charge in [0, 0.05) is 31.7 Å². The maximum absolute atomic E-state index is 11.8. The molecule has 3 rings (SSSR count). The summed E-state index contributed by atoms with van der Waals surface area (Å²) >= 11 is 0. The molecule has 0 bridgehead atoms. The molecule has 1 spiro atoms. The van der Waals surface area contributed by atoms with Gasteiger partial charge in [-0.1, -0.05) is 25.0 Å². The van der Waals surface area contributed by atoms with Gasteiger partial charge in [-0.2, -0.15) is 0 Å². The zero-order valence-electron chi connectivity index (χ0n) is 16.2. The zero-order chi connectivity index (χ0) is 18.4. The largest absolute Gasteiger partial charge is 0.357 e. The van der Waals surface area contributed by atoms with Gasteiger partial charge in [-0.25, -0.2) is 4.99 Å². The van der Waals surface area contributed by atoms with Crippen molar-refractivity contribution in [2.45, 2.75) is 52.5 Å². The van der Waals surface area contributed by atoms with E-state index in [1.165, 1.54) is 32.1 Å². The molecule has 1 amide bonds. The van der Waals surface area contributed by atoms with Gasteiger partial charge in [0.1, 0.15) is 0 Å². The number of carbonyl (C=O) groups excluding carboxylic acids is 1. The molecule has 1 aromatic carbocycles. The van der Waals surface area contributed by atoms with Crippen LogP contribution >= 0.6 is 0 Å². The number of rotatable bonds is 5. The fourth-order valence-electron chi connectivity index (χ4n) is 4.27. The van der Waals surface area contributed by atoms with Crippen LogP contribution in [0.15, 0.2) is 29.3 Å². The average Bonchev–Trinajstić information content (AvgIpc) is 3.29. The normalized spacial score (nSPS) is 19.2. The lowest BCUT2D eigenvalue weighted by atomic mass is 9.86. The number of aliphatic imine (C=N–C) groups is 1.